The molecule has 0 radical (unpaired) electrons. The van der Waals surface area contributed by atoms with Crippen LogP contribution in [0.4, 0.5) is 0 Å². The number of nitrogens with one attached hydrogen (secondary N) is 1. The van der Waals surface area contributed by atoms with Gasteiger partial charge in [0.15, 0.2) is 11.7 Å². The fourth-order valence-corrected chi connectivity index (χ4v) is 2.45. The Morgan fingerprint density at radius 3 is 2.83 bits per heavy atom. The number of pyridine rings is 1. The molecule has 1 aromatic carbocycles. The van der Waals surface area contributed by atoms with Crippen LogP contribution in [0, 0.1) is 0 Å². The van der Waals surface area contributed by atoms with E-state index in [1.54, 1.807) is 24.7 Å². The fourth-order valence-electron chi connectivity index (χ4n) is 2.22. The van der Waals surface area contributed by atoms with Gasteiger partial charge in [0.2, 0.25) is 5.91 Å². The molecular formula is C18H16ClN3O2. The van der Waals surface area contributed by atoms with Crippen LogP contribution < -0.4 is 5.32 Å². The van der Waals surface area contributed by atoms with Gasteiger partial charge in [-0.1, -0.05) is 29.8 Å². The van der Waals surface area contributed by atoms with E-state index >= 15 is 0 Å². The fraction of sp³-hybridized carbons (Fsp3) is 0.167. The first-order valence-electron chi connectivity index (χ1n) is 7.57. The highest BCUT2D eigenvalue weighted by Gasteiger charge is 2.11. The molecule has 0 aliphatic heterocycles. The Labute approximate surface area is 144 Å². The van der Waals surface area contributed by atoms with Crippen molar-refractivity contribution in [1.82, 2.24) is 15.3 Å². The molecule has 24 heavy (non-hydrogen) atoms. The van der Waals surface area contributed by atoms with Crippen molar-refractivity contribution in [3.63, 3.8) is 0 Å². The summed E-state index contributed by atoms with van der Waals surface area (Å²) in [7, 11) is 0. The van der Waals surface area contributed by atoms with E-state index in [1.807, 2.05) is 30.3 Å². The van der Waals surface area contributed by atoms with Crippen LogP contribution >= 0.6 is 11.6 Å². The second kappa shape index (κ2) is 7.75. The molecule has 0 saturated heterocycles. The molecular weight excluding hydrogens is 326 g/mol. The lowest BCUT2D eigenvalue weighted by Gasteiger charge is -2.03. The van der Waals surface area contributed by atoms with Crippen LogP contribution in [0.3, 0.4) is 0 Å². The first-order valence-corrected chi connectivity index (χ1v) is 7.95. The number of benzene rings is 1. The Bertz CT molecular complexity index is 818. The van der Waals surface area contributed by atoms with Gasteiger partial charge in [-0.2, -0.15) is 0 Å². The minimum absolute atomic E-state index is 0.0589. The molecule has 122 valence electrons. The van der Waals surface area contributed by atoms with Crippen LogP contribution in [0.15, 0.2) is 59.4 Å². The van der Waals surface area contributed by atoms with E-state index in [0.717, 1.165) is 11.1 Å². The van der Waals surface area contributed by atoms with Gasteiger partial charge >= 0.3 is 0 Å². The van der Waals surface area contributed by atoms with E-state index in [4.69, 9.17) is 16.0 Å². The van der Waals surface area contributed by atoms with E-state index in [0.29, 0.717) is 36.1 Å². The average molecular weight is 342 g/mol. The molecule has 0 fully saturated rings. The third kappa shape index (κ3) is 4.20. The molecule has 0 aliphatic rings. The van der Waals surface area contributed by atoms with E-state index < -0.39 is 0 Å². The highest BCUT2D eigenvalue weighted by Crippen LogP contribution is 2.28. The highest BCUT2D eigenvalue weighted by atomic mass is 35.5. The molecule has 3 rings (SSSR count). The van der Waals surface area contributed by atoms with E-state index in [-0.39, 0.29) is 5.91 Å². The predicted octanol–water partition coefficient (Wildman–Crippen LogP) is 3.64. The number of nitrogens with zero attached hydrogens (tertiary/aromatic N) is 2. The topological polar surface area (TPSA) is 68.0 Å². The monoisotopic (exact) mass is 341 g/mol. The van der Waals surface area contributed by atoms with Crippen molar-refractivity contribution in [1.29, 1.82) is 0 Å². The van der Waals surface area contributed by atoms with Gasteiger partial charge in [0, 0.05) is 37.3 Å². The third-order valence-corrected chi connectivity index (χ3v) is 3.80. The van der Waals surface area contributed by atoms with Crippen molar-refractivity contribution in [3.05, 3.63) is 71.5 Å². The summed E-state index contributed by atoms with van der Waals surface area (Å²) in [5, 5.41) is 3.45. The third-order valence-electron chi connectivity index (χ3n) is 3.47. The van der Waals surface area contributed by atoms with Crippen LogP contribution in [-0.2, 0) is 17.8 Å². The number of hydrogen-bond donors (Lipinski definition) is 1. The van der Waals surface area contributed by atoms with Gasteiger partial charge in [0.25, 0.3) is 0 Å². The van der Waals surface area contributed by atoms with Crippen LogP contribution in [0.25, 0.3) is 11.3 Å². The van der Waals surface area contributed by atoms with Crippen LogP contribution in [0.5, 0.6) is 0 Å². The molecule has 0 aliphatic carbocycles. The summed E-state index contributed by atoms with van der Waals surface area (Å²) in [4.78, 5) is 20.1. The Hall–Kier alpha value is -2.66. The largest absolute Gasteiger partial charge is 0.441 e. The molecule has 2 aromatic heterocycles. The molecule has 0 saturated carbocycles. The van der Waals surface area contributed by atoms with E-state index in [1.165, 1.54) is 0 Å². The zero-order chi connectivity index (χ0) is 16.8. The van der Waals surface area contributed by atoms with Crippen molar-refractivity contribution in [2.45, 2.75) is 19.4 Å². The molecule has 5 nitrogen and oxygen atoms in total. The zero-order valence-electron chi connectivity index (χ0n) is 12.9. The van der Waals surface area contributed by atoms with Gasteiger partial charge in [-0.05, 0) is 23.8 Å². The minimum atomic E-state index is -0.0589. The Morgan fingerprint density at radius 1 is 1.17 bits per heavy atom. The maximum atomic E-state index is 11.9. The Morgan fingerprint density at radius 2 is 2.04 bits per heavy atom. The number of rotatable bonds is 6. The summed E-state index contributed by atoms with van der Waals surface area (Å²) in [6.45, 7) is 0.461. The summed E-state index contributed by atoms with van der Waals surface area (Å²) in [5.41, 5.74) is 1.75. The summed E-state index contributed by atoms with van der Waals surface area (Å²) >= 11 is 6.14. The van der Waals surface area contributed by atoms with Gasteiger partial charge in [0.1, 0.15) is 0 Å². The second-order valence-corrected chi connectivity index (χ2v) is 5.64. The van der Waals surface area contributed by atoms with Gasteiger partial charge in [-0.25, -0.2) is 4.98 Å². The van der Waals surface area contributed by atoms with Gasteiger partial charge < -0.3 is 9.73 Å². The van der Waals surface area contributed by atoms with E-state index in [9.17, 15) is 4.79 Å². The predicted molar refractivity (Wildman–Crippen MR) is 91.4 cm³/mol. The molecule has 0 bridgehead atoms. The normalized spacial score (nSPS) is 10.5. The molecule has 1 amide bonds. The first-order chi connectivity index (χ1) is 11.7. The molecule has 2 heterocycles. The zero-order valence-corrected chi connectivity index (χ0v) is 13.7. The van der Waals surface area contributed by atoms with Crippen molar-refractivity contribution in [3.8, 4) is 11.3 Å². The number of amides is 1. The standard InChI is InChI=1S/C18H16ClN3O2/c19-15-6-2-1-5-14(15)16-12-22-18(24-16)8-7-17(23)21-11-13-4-3-9-20-10-13/h1-6,9-10,12H,7-8,11H2,(H,21,23). The Kier molecular flexibility index (Phi) is 5.23. The van der Waals surface area contributed by atoms with Crippen molar-refractivity contribution >= 4 is 17.5 Å². The molecule has 3 aromatic rings. The number of hydrogen-bond acceptors (Lipinski definition) is 4. The molecule has 0 unspecified atom stereocenters. The number of aromatic nitrogens is 2. The van der Waals surface area contributed by atoms with Crippen molar-refractivity contribution in [2.24, 2.45) is 0 Å². The molecule has 1 N–H and O–H groups in total. The minimum Gasteiger partial charge on any atom is -0.441 e. The quantitative estimate of drug-likeness (QED) is 0.743. The summed E-state index contributed by atoms with van der Waals surface area (Å²) in [6.07, 6.45) is 5.80. The summed E-state index contributed by atoms with van der Waals surface area (Å²) in [6, 6.07) is 11.2. The van der Waals surface area contributed by atoms with Crippen LogP contribution in [-0.4, -0.2) is 15.9 Å². The molecule has 0 spiro atoms. The lowest BCUT2D eigenvalue weighted by atomic mass is 10.2. The van der Waals surface area contributed by atoms with Gasteiger partial charge in [0.05, 0.1) is 11.2 Å². The second-order valence-electron chi connectivity index (χ2n) is 5.24. The highest BCUT2D eigenvalue weighted by molar-refractivity contribution is 6.33. The summed E-state index contributed by atoms with van der Waals surface area (Å²) < 4.78 is 5.68. The Balaban J connectivity index is 1.52. The van der Waals surface area contributed by atoms with Crippen LogP contribution in [0.1, 0.15) is 17.9 Å². The van der Waals surface area contributed by atoms with E-state index in [2.05, 4.69) is 15.3 Å². The number of carbonyl (C=O) groups excluding carboxylic acids is 1. The maximum absolute atomic E-state index is 11.9. The lowest BCUT2D eigenvalue weighted by molar-refractivity contribution is -0.121. The SMILES string of the molecule is O=C(CCc1ncc(-c2ccccc2Cl)o1)NCc1cccnc1. The van der Waals surface area contributed by atoms with Crippen molar-refractivity contribution in [2.75, 3.05) is 0 Å². The molecule has 6 heteroatoms. The van der Waals surface area contributed by atoms with Crippen LogP contribution in [0.2, 0.25) is 5.02 Å². The van der Waals surface area contributed by atoms with Gasteiger partial charge in [-0.15, -0.1) is 0 Å². The number of carbonyl (C=O) groups is 1. The summed E-state index contributed by atoms with van der Waals surface area (Å²) in [5.74, 6) is 1.06. The smallest absolute Gasteiger partial charge is 0.220 e. The molecule has 0 atom stereocenters. The maximum Gasteiger partial charge on any atom is 0.220 e. The number of halogens is 1. The lowest BCUT2D eigenvalue weighted by Crippen LogP contribution is -2.23. The number of oxazole rings is 1. The van der Waals surface area contributed by atoms with Gasteiger partial charge in [-0.3, -0.25) is 9.78 Å². The number of aryl methyl sites for hydroxylation is 1. The first kappa shape index (κ1) is 16.2. The average Bonchev–Trinajstić information content (AvgIpc) is 3.08. The van der Waals surface area contributed by atoms with Crippen molar-refractivity contribution < 1.29 is 9.21 Å².